The van der Waals surface area contributed by atoms with Crippen molar-refractivity contribution < 1.29 is 23.0 Å². The van der Waals surface area contributed by atoms with Gasteiger partial charge in [-0.15, -0.1) is 0 Å². The van der Waals surface area contributed by atoms with Gasteiger partial charge in [0, 0.05) is 16.6 Å². The molecule has 0 aliphatic heterocycles. The number of hydrogen-bond acceptors (Lipinski definition) is 4. The van der Waals surface area contributed by atoms with Crippen molar-refractivity contribution in [2.75, 3.05) is 7.11 Å². The number of allylic oxidation sites excluding steroid dienone is 1. The largest absolute Gasteiger partial charge is 0.493 e. The van der Waals surface area contributed by atoms with Crippen molar-refractivity contribution in [3.05, 3.63) is 64.9 Å². The summed E-state index contributed by atoms with van der Waals surface area (Å²) in [5, 5.41) is 10.2. The van der Waals surface area contributed by atoms with Gasteiger partial charge in [0.25, 0.3) is 0 Å². The fraction of sp³-hybridized carbons (Fsp3) is 0.143. The van der Waals surface area contributed by atoms with E-state index in [-0.39, 0.29) is 17.1 Å². The van der Waals surface area contributed by atoms with E-state index in [9.17, 15) is 18.8 Å². The number of fused-ring (bicyclic) bond motifs is 1. The number of carbonyl (C=O) groups excluding carboxylic acids is 1. The fourth-order valence-electron chi connectivity index (χ4n) is 2.99. The number of aromatic nitrogens is 1. The molecule has 0 amide bonds. The molecule has 0 aliphatic carbocycles. The van der Waals surface area contributed by atoms with Crippen molar-refractivity contribution in [2.24, 2.45) is 0 Å². The van der Waals surface area contributed by atoms with E-state index in [0.717, 1.165) is 10.9 Å². The van der Waals surface area contributed by atoms with Crippen LogP contribution >= 0.6 is 0 Å². The maximum atomic E-state index is 13.0. The standard InChI is InChI=1S/C21H16F2N2O3/c1-12-19(15-5-3-4-6-16(15)25-12)20(26)14(11-24)9-13-7-8-17(28-21(22)23)18(10-13)27-2/h3-10,21,25H,1-2H3. The number of aryl methyl sites for hydroxylation is 1. The van der Waals surface area contributed by atoms with E-state index in [1.54, 1.807) is 13.0 Å². The Morgan fingerprint density at radius 1 is 1.21 bits per heavy atom. The van der Waals surface area contributed by atoms with E-state index in [0.29, 0.717) is 16.8 Å². The first-order valence-corrected chi connectivity index (χ1v) is 8.31. The summed E-state index contributed by atoms with van der Waals surface area (Å²) in [5.41, 5.74) is 2.24. The van der Waals surface area contributed by atoms with Crippen molar-refractivity contribution in [2.45, 2.75) is 13.5 Å². The van der Waals surface area contributed by atoms with Crippen molar-refractivity contribution in [1.29, 1.82) is 5.26 Å². The number of Topliss-reactive ketones (excluding diaryl/α,β-unsaturated/α-hetero) is 1. The number of methoxy groups -OCH3 is 1. The fourth-order valence-corrected chi connectivity index (χ4v) is 2.99. The van der Waals surface area contributed by atoms with Crippen LogP contribution in [0.5, 0.6) is 11.5 Å². The molecule has 3 aromatic rings. The number of halogens is 2. The van der Waals surface area contributed by atoms with Crippen LogP contribution in [0.25, 0.3) is 17.0 Å². The molecule has 0 fully saturated rings. The lowest BCUT2D eigenvalue weighted by Gasteiger charge is -2.10. The molecule has 1 aromatic heterocycles. The highest BCUT2D eigenvalue weighted by Crippen LogP contribution is 2.31. The quantitative estimate of drug-likeness (QED) is 0.375. The lowest BCUT2D eigenvalue weighted by molar-refractivity contribution is -0.0512. The van der Waals surface area contributed by atoms with Crippen LogP contribution in [0, 0.1) is 18.3 Å². The van der Waals surface area contributed by atoms with Gasteiger partial charge < -0.3 is 14.5 Å². The molecule has 1 heterocycles. The smallest absolute Gasteiger partial charge is 0.387 e. The van der Waals surface area contributed by atoms with Crippen molar-refractivity contribution in [3.63, 3.8) is 0 Å². The number of para-hydroxylation sites is 1. The Balaban J connectivity index is 2.01. The second-order valence-corrected chi connectivity index (χ2v) is 5.96. The predicted octanol–water partition coefficient (Wildman–Crippen LogP) is 4.88. The summed E-state index contributed by atoms with van der Waals surface area (Å²) >= 11 is 0. The minimum Gasteiger partial charge on any atom is -0.493 e. The van der Waals surface area contributed by atoms with Crippen LogP contribution in [0.4, 0.5) is 8.78 Å². The minimum atomic E-state index is -2.99. The van der Waals surface area contributed by atoms with Crippen LogP contribution in [0.3, 0.4) is 0 Å². The molecule has 7 heteroatoms. The molecule has 0 saturated heterocycles. The van der Waals surface area contributed by atoms with Gasteiger partial charge in [0.05, 0.1) is 12.7 Å². The highest BCUT2D eigenvalue weighted by molar-refractivity contribution is 6.20. The molecule has 0 spiro atoms. The van der Waals surface area contributed by atoms with E-state index in [4.69, 9.17) is 4.74 Å². The molecule has 2 aromatic carbocycles. The average Bonchev–Trinajstić information content (AvgIpc) is 3.01. The third kappa shape index (κ3) is 3.71. The number of H-pyrrole nitrogens is 1. The monoisotopic (exact) mass is 382 g/mol. The van der Waals surface area contributed by atoms with E-state index >= 15 is 0 Å². The number of aromatic amines is 1. The van der Waals surface area contributed by atoms with Crippen LogP contribution in [0.15, 0.2) is 48.0 Å². The number of alkyl halides is 2. The maximum Gasteiger partial charge on any atom is 0.387 e. The second kappa shape index (κ2) is 7.92. The Morgan fingerprint density at radius 3 is 2.64 bits per heavy atom. The normalized spacial score (nSPS) is 11.5. The van der Waals surface area contributed by atoms with Crippen molar-refractivity contribution in [3.8, 4) is 17.6 Å². The van der Waals surface area contributed by atoms with Crippen molar-refractivity contribution >= 4 is 22.8 Å². The third-order valence-corrected chi connectivity index (χ3v) is 4.20. The van der Waals surface area contributed by atoms with E-state index < -0.39 is 12.4 Å². The SMILES string of the molecule is COc1cc(C=C(C#N)C(=O)c2c(C)[nH]c3ccccc23)ccc1OC(F)F. The van der Waals surface area contributed by atoms with Gasteiger partial charge in [-0.25, -0.2) is 0 Å². The Kier molecular flexibility index (Phi) is 5.41. The van der Waals surface area contributed by atoms with E-state index in [2.05, 4.69) is 9.72 Å². The summed E-state index contributed by atoms with van der Waals surface area (Å²) in [5.74, 6) is -0.488. The van der Waals surface area contributed by atoms with Gasteiger partial charge in [0.2, 0.25) is 5.78 Å². The van der Waals surface area contributed by atoms with Crippen LogP contribution in [-0.4, -0.2) is 24.5 Å². The Labute approximate surface area is 159 Å². The van der Waals surface area contributed by atoms with E-state index in [1.165, 1.54) is 31.4 Å². The maximum absolute atomic E-state index is 13.0. The van der Waals surface area contributed by atoms with Crippen LogP contribution in [0.1, 0.15) is 21.6 Å². The number of nitriles is 1. The highest BCUT2D eigenvalue weighted by Gasteiger charge is 2.20. The lowest BCUT2D eigenvalue weighted by Crippen LogP contribution is -2.04. The molecule has 0 atom stereocenters. The molecule has 0 saturated carbocycles. The first kappa shape index (κ1) is 19.1. The molecule has 142 valence electrons. The van der Waals surface area contributed by atoms with Gasteiger partial charge in [-0.1, -0.05) is 24.3 Å². The Hall–Kier alpha value is -3.66. The van der Waals surface area contributed by atoms with Gasteiger partial charge in [-0.2, -0.15) is 14.0 Å². The van der Waals surface area contributed by atoms with Crippen molar-refractivity contribution in [1.82, 2.24) is 4.98 Å². The highest BCUT2D eigenvalue weighted by atomic mass is 19.3. The number of ketones is 1. The number of carbonyl (C=O) groups is 1. The van der Waals surface area contributed by atoms with E-state index in [1.807, 2.05) is 24.3 Å². The molecular weight excluding hydrogens is 366 g/mol. The number of hydrogen-bond donors (Lipinski definition) is 1. The number of benzene rings is 2. The number of rotatable bonds is 6. The van der Waals surface area contributed by atoms with Crippen LogP contribution in [0.2, 0.25) is 0 Å². The minimum absolute atomic E-state index is 0.0714. The molecule has 0 bridgehead atoms. The summed E-state index contributed by atoms with van der Waals surface area (Å²) in [6, 6.07) is 13.4. The summed E-state index contributed by atoms with van der Waals surface area (Å²) < 4.78 is 34.3. The zero-order chi connectivity index (χ0) is 20.3. The molecule has 0 radical (unpaired) electrons. The van der Waals surface area contributed by atoms with Gasteiger partial charge in [0.1, 0.15) is 11.6 Å². The summed E-state index contributed by atoms with van der Waals surface area (Å²) in [4.78, 5) is 16.1. The van der Waals surface area contributed by atoms with Gasteiger partial charge in [0.15, 0.2) is 11.5 Å². The average molecular weight is 382 g/mol. The molecule has 0 unspecified atom stereocenters. The summed E-state index contributed by atoms with van der Waals surface area (Å²) in [7, 11) is 1.31. The first-order chi connectivity index (χ1) is 13.4. The topological polar surface area (TPSA) is 75.1 Å². The molecule has 28 heavy (non-hydrogen) atoms. The summed E-state index contributed by atoms with van der Waals surface area (Å²) in [6.45, 7) is -1.22. The molecule has 0 aliphatic rings. The molecule has 3 rings (SSSR count). The number of nitrogens with one attached hydrogen (secondary N) is 1. The zero-order valence-electron chi connectivity index (χ0n) is 15.1. The van der Waals surface area contributed by atoms with Gasteiger partial charge in [-0.05, 0) is 36.8 Å². The Bertz CT molecular complexity index is 1110. The van der Waals surface area contributed by atoms with Gasteiger partial charge in [-0.3, -0.25) is 4.79 Å². The van der Waals surface area contributed by atoms with Gasteiger partial charge >= 0.3 is 6.61 Å². The predicted molar refractivity (Wildman–Crippen MR) is 101 cm³/mol. The Morgan fingerprint density at radius 2 is 1.96 bits per heavy atom. The lowest BCUT2D eigenvalue weighted by atomic mass is 9.99. The zero-order valence-corrected chi connectivity index (χ0v) is 15.1. The number of ether oxygens (including phenoxy) is 2. The van der Waals surface area contributed by atoms with Crippen LogP contribution < -0.4 is 9.47 Å². The number of nitrogens with zero attached hydrogens (tertiary/aromatic N) is 1. The molecular formula is C21H16F2N2O3. The second-order valence-electron chi connectivity index (χ2n) is 5.96. The molecule has 5 nitrogen and oxygen atoms in total. The molecule has 1 N–H and O–H groups in total. The first-order valence-electron chi connectivity index (χ1n) is 8.31. The van der Waals surface area contributed by atoms with Crippen LogP contribution in [-0.2, 0) is 0 Å². The third-order valence-electron chi connectivity index (χ3n) is 4.20. The summed E-state index contributed by atoms with van der Waals surface area (Å²) in [6.07, 6.45) is 1.39.